The summed E-state index contributed by atoms with van der Waals surface area (Å²) in [5, 5.41) is 12.0. The summed E-state index contributed by atoms with van der Waals surface area (Å²) < 4.78 is 13.2. The van der Waals surface area contributed by atoms with E-state index in [0.717, 1.165) is 0 Å². The Kier molecular flexibility index (Phi) is 5.07. The third kappa shape index (κ3) is 3.77. The molecule has 0 bridgehead atoms. The van der Waals surface area contributed by atoms with E-state index in [4.69, 9.17) is 0 Å². The number of carbonyl (C=O) groups is 1. The zero-order valence-electron chi connectivity index (χ0n) is 11.1. The first-order chi connectivity index (χ1) is 8.80. The van der Waals surface area contributed by atoms with Crippen molar-refractivity contribution in [2.75, 3.05) is 0 Å². The maximum Gasteiger partial charge on any atom is 0.235 e. The van der Waals surface area contributed by atoms with Crippen molar-refractivity contribution >= 4 is 21.8 Å². The van der Waals surface area contributed by atoms with Crippen molar-refractivity contribution in [1.29, 1.82) is 5.26 Å². The molecular weight excluding hydrogens is 311 g/mol. The minimum absolute atomic E-state index is 0.0930. The number of hydrogen-bond donors (Lipinski definition) is 1. The fourth-order valence-electron chi connectivity index (χ4n) is 1.58. The van der Waals surface area contributed by atoms with Gasteiger partial charge in [-0.3, -0.25) is 4.79 Å². The Labute approximate surface area is 120 Å². The normalized spacial score (nSPS) is 15.4. The van der Waals surface area contributed by atoms with Gasteiger partial charge < -0.3 is 5.32 Å². The average molecular weight is 327 g/mol. The van der Waals surface area contributed by atoms with Gasteiger partial charge in [0.15, 0.2) is 0 Å². The number of alkyl halides is 1. The third-order valence-corrected chi connectivity index (χ3v) is 4.31. The number of halogens is 2. The summed E-state index contributed by atoms with van der Waals surface area (Å²) in [6.07, 6.45) is 0. The molecule has 0 saturated heterocycles. The minimum atomic E-state index is -1.25. The lowest BCUT2D eigenvalue weighted by Gasteiger charge is -2.26. The van der Waals surface area contributed by atoms with E-state index in [1.54, 1.807) is 13.0 Å². The van der Waals surface area contributed by atoms with E-state index in [2.05, 4.69) is 21.2 Å². The van der Waals surface area contributed by atoms with Gasteiger partial charge in [-0.1, -0.05) is 41.9 Å². The number of carbonyl (C=O) groups excluding carboxylic acids is 1. The monoisotopic (exact) mass is 326 g/mol. The number of nitriles is 1. The van der Waals surface area contributed by atoms with Crippen LogP contribution in [0.3, 0.4) is 0 Å². The van der Waals surface area contributed by atoms with Crippen LogP contribution < -0.4 is 5.32 Å². The predicted octanol–water partition coefficient (Wildman–Crippen LogP) is 3.10. The van der Waals surface area contributed by atoms with Crippen LogP contribution in [-0.4, -0.2) is 10.7 Å². The van der Waals surface area contributed by atoms with Crippen molar-refractivity contribution in [3.8, 4) is 6.07 Å². The maximum atomic E-state index is 13.2. The van der Waals surface area contributed by atoms with Crippen LogP contribution in [0.2, 0.25) is 0 Å². The van der Waals surface area contributed by atoms with Gasteiger partial charge in [0.25, 0.3) is 0 Å². The highest BCUT2D eigenvalue weighted by atomic mass is 79.9. The van der Waals surface area contributed by atoms with Crippen molar-refractivity contribution in [1.82, 2.24) is 5.32 Å². The van der Waals surface area contributed by atoms with Crippen LogP contribution in [0.25, 0.3) is 0 Å². The molecule has 0 spiro atoms. The number of nitrogens with one attached hydrogen (secondary N) is 1. The second-order valence-electron chi connectivity index (χ2n) is 4.88. The topological polar surface area (TPSA) is 52.9 Å². The fraction of sp³-hybridized carbons (Fsp3) is 0.429. The number of benzene rings is 1. The molecule has 1 amide bonds. The van der Waals surface area contributed by atoms with E-state index >= 15 is 0 Å². The molecule has 19 heavy (non-hydrogen) atoms. The van der Waals surface area contributed by atoms with Gasteiger partial charge in [0, 0.05) is 0 Å². The van der Waals surface area contributed by atoms with Gasteiger partial charge in [-0.25, -0.2) is 4.39 Å². The summed E-state index contributed by atoms with van der Waals surface area (Å²) in [6.45, 7) is 5.34. The van der Waals surface area contributed by atoms with E-state index in [0.29, 0.717) is 5.56 Å². The summed E-state index contributed by atoms with van der Waals surface area (Å²) in [4.78, 5) is 11.6. The van der Waals surface area contributed by atoms with Crippen molar-refractivity contribution in [2.24, 2.45) is 5.92 Å². The van der Waals surface area contributed by atoms with Crippen molar-refractivity contribution < 1.29 is 9.18 Å². The lowest BCUT2D eigenvalue weighted by atomic mass is 9.93. The summed E-state index contributed by atoms with van der Waals surface area (Å²) in [5.74, 6) is -0.633. The van der Waals surface area contributed by atoms with Crippen LogP contribution in [-0.2, 0) is 10.3 Å². The van der Waals surface area contributed by atoms with E-state index in [1.165, 1.54) is 18.2 Å². The van der Waals surface area contributed by atoms with Crippen molar-refractivity contribution in [3.05, 3.63) is 35.6 Å². The number of rotatable bonds is 4. The first kappa shape index (κ1) is 15.6. The number of nitrogens with zero attached hydrogens (tertiary/aromatic N) is 1. The molecule has 2 atom stereocenters. The Hall–Kier alpha value is -1.41. The average Bonchev–Trinajstić information content (AvgIpc) is 2.37. The standard InChI is InChI=1S/C14H16BrFN2O/c1-9(2)12(15)13(19)18-14(3,8-17)10-5-4-6-11(16)7-10/h4-7,9,12H,1-3H3,(H,18,19). The zero-order chi connectivity index (χ0) is 14.6. The molecule has 1 rings (SSSR count). The molecule has 102 valence electrons. The van der Waals surface area contributed by atoms with Crippen LogP contribution in [0.15, 0.2) is 24.3 Å². The minimum Gasteiger partial charge on any atom is -0.333 e. The summed E-state index contributed by atoms with van der Waals surface area (Å²) in [6, 6.07) is 7.71. The summed E-state index contributed by atoms with van der Waals surface area (Å²) >= 11 is 3.28. The maximum absolute atomic E-state index is 13.2. The van der Waals surface area contributed by atoms with Crippen molar-refractivity contribution in [2.45, 2.75) is 31.1 Å². The van der Waals surface area contributed by atoms with Gasteiger partial charge >= 0.3 is 0 Å². The van der Waals surface area contributed by atoms with Crippen LogP contribution >= 0.6 is 15.9 Å². The van der Waals surface area contributed by atoms with Crippen molar-refractivity contribution in [3.63, 3.8) is 0 Å². The van der Waals surface area contributed by atoms with E-state index in [-0.39, 0.29) is 11.8 Å². The molecule has 0 aliphatic carbocycles. The quantitative estimate of drug-likeness (QED) is 0.864. The zero-order valence-corrected chi connectivity index (χ0v) is 12.7. The largest absolute Gasteiger partial charge is 0.333 e. The second-order valence-corrected chi connectivity index (χ2v) is 5.87. The SMILES string of the molecule is CC(C)C(Br)C(=O)NC(C)(C#N)c1cccc(F)c1. The molecule has 0 aliphatic rings. The molecule has 0 aliphatic heterocycles. The third-order valence-electron chi connectivity index (χ3n) is 2.83. The van der Waals surface area contributed by atoms with Crippen LogP contribution in [0.5, 0.6) is 0 Å². The van der Waals surface area contributed by atoms with Crippen LogP contribution in [0.1, 0.15) is 26.3 Å². The molecule has 0 aromatic heterocycles. The lowest BCUT2D eigenvalue weighted by molar-refractivity contribution is -0.122. The van der Waals surface area contributed by atoms with Gasteiger partial charge in [0.2, 0.25) is 5.91 Å². The molecule has 5 heteroatoms. The Morgan fingerprint density at radius 2 is 2.16 bits per heavy atom. The molecule has 3 nitrogen and oxygen atoms in total. The number of amides is 1. The Morgan fingerprint density at radius 3 is 2.63 bits per heavy atom. The van der Waals surface area contributed by atoms with E-state index in [1.807, 2.05) is 19.9 Å². The highest BCUT2D eigenvalue weighted by Gasteiger charge is 2.31. The van der Waals surface area contributed by atoms with Gasteiger partial charge in [-0.05, 0) is 30.5 Å². The molecule has 1 aromatic rings. The Balaban J connectivity index is 3.00. The Morgan fingerprint density at radius 1 is 1.53 bits per heavy atom. The molecule has 0 saturated carbocycles. The highest BCUT2D eigenvalue weighted by Crippen LogP contribution is 2.22. The second kappa shape index (κ2) is 6.16. The molecule has 0 fully saturated rings. The number of hydrogen-bond acceptors (Lipinski definition) is 2. The fourth-order valence-corrected chi connectivity index (χ4v) is 1.70. The molecule has 1 N–H and O–H groups in total. The molecule has 1 aromatic carbocycles. The first-order valence-corrected chi connectivity index (χ1v) is 6.85. The Bertz CT molecular complexity index is 512. The highest BCUT2D eigenvalue weighted by molar-refractivity contribution is 9.10. The van der Waals surface area contributed by atoms with Gasteiger partial charge in [0.1, 0.15) is 11.4 Å². The van der Waals surface area contributed by atoms with Crippen LogP contribution in [0, 0.1) is 23.1 Å². The van der Waals surface area contributed by atoms with E-state index < -0.39 is 16.2 Å². The smallest absolute Gasteiger partial charge is 0.235 e. The first-order valence-electron chi connectivity index (χ1n) is 5.93. The lowest BCUT2D eigenvalue weighted by Crippen LogP contribution is -2.46. The molecule has 0 radical (unpaired) electrons. The van der Waals surface area contributed by atoms with Gasteiger partial charge in [-0.15, -0.1) is 0 Å². The molecular formula is C14H16BrFN2O. The van der Waals surface area contributed by atoms with E-state index in [9.17, 15) is 14.4 Å². The summed E-state index contributed by atoms with van der Waals surface area (Å²) in [7, 11) is 0. The predicted molar refractivity (Wildman–Crippen MR) is 75.1 cm³/mol. The summed E-state index contributed by atoms with van der Waals surface area (Å²) in [5.41, 5.74) is -0.827. The van der Waals surface area contributed by atoms with Crippen LogP contribution in [0.4, 0.5) is 4.39 Å². The molecule has 2 unspecified atom stereocenters. The van der Waals surface area contributed by atoms with Gasteiger partial charge in [0.05, 0.1) is 10.9 Å². The molecule has 0 heterocycles. The van der Waals surface area contributed by atoms with Gasteiger partial charge in [-0.2, -0.15) is 5.26 Å².